The zero-order valence-electron chi connectivity index (χ0n) is 11.8. The van der Waals surface area contributed by atoms with E-state index < -0.39 is 0 Å². The Labute approximate surface area is 117 Å². The van der Waals surface area contributed by atoms with Gasteiger partial charge in [-0.2, -0.15) is 4.98 Å². The van der Waals surface area contributed by atoms with Crippen molar-refractivity contribution in [3.05, 3.63) is 47.7 Å². The largest absolute Gasteiger partial charge is 0.340 e. The molecular formula is C15H18N4O. The number of hydrogen-bond donors (Lipinski definition) is 1. The van der Waals surface area contributed by atoms with Gasteiger partial charge in [-0.1, -0.05) is 24.2 Å². The second-order valence-corrected chi connectivity index (χ2v) is 4.78. The van der Waals surface area contributed by atoms with Gasteiger partial charge in [0.05, 0.1) is 6.54 Å². The van der Waals surface area contributed by atoms with Crippen LogP contribution in [0.2, 0.25) is 0 Å². The number of aryl methyl sites for hydroxylation is 1. The van der Waals surface area contributed by atoms with Crippen molar-refractivity contribution >= 4 is 10.9 Å². The number of benzene rings is 1. The Bertz CT molecular complexity index is 714. The molecule has 0 spiro atoms. The Morgan fingerprint density at radius 3 is 2.95 bits per heavy atom. The van der Waals surface area contributed by atoms with E-state index >= 15 is 0 Å². The van der Waals surface area contributed by atoms with Crippen LogP contribution in [-0.2, 0) is 19.5 Å². The Hall–Kier alpha value is -2.14. The molecule has 0 saturated heterocycles. The molecule has 0 aliphatic carbocycles. The molecule has 0 amide bonds. The molecular weight excluding hydrogens is 252 g/mol. The standard InChI is InChI=1S/C15H18N4O/c1-3-15-17-14(18-20-15)10-19-8-7-12-11(9-16-2)5-4-6-13(12)19/h4-8,16H,3,9-10H2,1-2H3. The summed E-state index contributed by atoms with van der Waals surface area (Å²) in [6, 6.07) is 8.49. The van der Waals surface area contributed by atoms with E-state index in [-0.39, 0.29) is 0 Å². The van der Waals surface area contributed by atoms with Gasteiger partial charge in [0.15, 0.2) is 5.82 Å². The second-order valence-electron chi connectivity index (χ2n) is 4.78. The van der Waals surface area contributed by atoms with Crippen LogP contribution in [0.3, 0.4) is 0 Å². The summed E-state index contributed by atoms with van der Waals surface area (Å²) in [6.45, 7) is 3.51. The molecule has 3 rings (SSSR count). The van der Waals surface area contributed by atoms with Gasteiger partial charge in [0.1, 0.15) is 0 Å². The first-order chi connectivity index (χ1) is 9.81. The fourth-order valence-electron chi connectivity index (χ4n) is 2.42. The van der Waals surface area contributed by atoms with Gasteiger partial charge in [-0.3, -0.25) is 0 Å². The van der Waals surface area contributed by atoms with Crippen molar-refractivity contribution in [2.45, 2.75) is 26.4 Å². The molecule has 0 unspecified atom stereocenters. The van der Waals surface area contributed by atoms with Gasteiger partial charge >= 0.3 is 0 Å². The van der Waals surface area contributed by atoms with Crippen molar-refractivity contribution in [2.24, 2.45) is 0 Å². The second kappa shape index (κ2) is 5.46. The first kappa shape index (κ1) is 12.9. The van der Waals surface area contributed by atoms with Gasteiger partial charge in [0.2, 0.25) is 5.89 Å². The van der Waals surface area contributed by atoms with Gasteiger partial charge in [-0.05, 0) is 24.7 Å². The lowest BCUT2D eigenvalue weighted by Crippen LogP contribution is -2.05. The molecule has 2 heterocycles. The lowest BCUT2D eigenvalue weighted by Gasteiger charge is -2.05. The zero-order chi connectivity index (χ0) is 13.9. The van der Waals surface area contributed by atoms with E-state index in [0.717, 1.165) is 18.8 Å². The van der Waals surface area contributed by atoms with Crippen molar-refractivity contribution in [2.75, 3.05) is 7.05 Å². The molecule has 0 atom stereocenters. The van der Waals surface area contributed by atoms with Gasteiger partial charge in [-0.25, -0.2) is 0 Å². The predicted octanol–water partition coefficient (Wildman–Crippen LogP) is 2.35. The van der Waals surface area contributed by atoms with Crippen molar-refractivity contribution in [1.29, 1.82) is 0 Å². The highest BCUT2D eigenvalue weighted by Gasteiger charge is 2.09. The molecule has 0 radical (unpaired) electrons. The summed E-state index contributed by atoms with van der Waals surface area (Å²) in [5.41, 5.74) is 2.49. The normalized spacial score (nSPS) is 11.3. The number of fused-ring (bicyclic) bond motifs is 1. The van der Waals surface area contributed by atoms with Crippen LogP contribution in [0.5, 0.6) is 0 Å². The van der Waals surface area contributed by atoms with Crippen LogP contribution in [0.25, 0.3) is 10.9 Å². The minimum absolute atomic E-state index is 0.635. The summed E-state index contributed by atoms with van der Waals surface area (Å²) in [5, 5.41) is 8.47. The molecule has 0 bridgehead atoms. The maximum Gasteiger partial charge on any atom is 0.226 e. The minimum atomic E-state index is 0.635. The summed E-state index contributed by atoms with van der Waals surface area (Å²) in [7, 11) is 1.96. The maximum atomic E-state index is 5.15. The summed E-state index contributed by atoms with van der Waals surface area (Å²) in [4.78, 5) is 4.36. The Morgan fingerprint density at radius 2 is 2.20 bits per heavy atom. The number of nitrogens with one attached hydrogen (secondary N) is 1. The average molecular weight is 270 g/mol. The third-order valence-electron chi connectivity index (χ3n) is 3.40. The topological polar surface area (TPSA) is 55.9 Å². The summed E-state index contributed by atoms with van der Waals surface area (Å²) in [6.07, 6.45) is 2.84. The van der Waals surface area contributed by atoms with Crippen molar-refractivity contribution < 1.29 is 4.52 Å². The third kappa shape index (κ3) is 2.32. The monoisotopic (exact) mass is 270 g/mol. The third-order valence-corrected chi connectivity index (χ3v) is 3.40. The van der Waals surface area contributed by atoms with Gasteiger partial charge in [-0.15, -0.1) is 0 Å². The number of hydrogen-bond acceptors (Lipinski definition) is 4. The van der Waals surface area contributed by atoms with Gasteiger partial charge in [0, 0.05) is 30.1 Å². The van der Waals surface area contributed by atoms with E-state index in [9.17, 15) is 0 Å². The minimum Gasteiger partial charge on any atom is -0.340 e. The fourth-order valence-corrected chi connectivity index (χ4v) is 2.42. The van der Waals surface area contributed by atoms with Crippen molar-refractivity contribution in [1.82, 2.24) is 20.0 Å². The van der Waals surface area contributed by atoms with Crippen LogP contribution in [-0.4, -0.2) is 21.8 Å². The van der Waals surface area contributed by atoms with Crippen LogP contribution >= 0.6 is 0 Å². The molecule has 0 fully saturated rings. The Balaban J connectivity index is 1.94. The van der Waals surface area contributed by atoms with E-state index in [1.807, 2.05) is 14.0 Å². The van der Waals surface area contributed by atoms with E-state index in [1.54, 1.807) is 0 Å². The van der Waals surface area contributed by atoms with E-state index in [4.69, 9.17) is 4.52 Å². The van der Waals surface area contributed by atoms with Gasteiger partial charge < -0.3 is 14.4 Å². The highest BCUT2D eigenvalue weighted by molar-refractivity contribution is 5.83. The molecule has 1 N–H and O–H groups in total. The predicted molar refractivity (Wildman–Crippen MR) is 77.5 cm³/mol. The molecule has 1 aromatic carbocycles. The zero-order valence-corrected chi connectivity index (χ0v) is 11.8. The van der Waals surface area contributed by atoms with Crippen molar-refractivity contribution in [3.63, 3.8) is 0 Å². The average Bonchev–Trinajstić information content (AvgIpc) is 3.08. The highest BCUT2D eigenvalue weighted by atomic mass is 16.5. The summed E-state index contributed by atoms with van der Waals surface area (Å²) >= 11 is 0. The van der Waals surface area contributed by atoms with Crippen LogP contribution in [0.4, 0.5) is 0 Å². The van der Waals surface area contributed by atoms with Crippen LogP contribution in [0, 0.1) is 0 Å². The molecule has 5 nitrogen and oxygen atoms in total. The molecule has 0 aliphatic rings. The highest BCUT2D eigenvalue weighted by Crippen LogP contribution is 2.21. The quantitative estimate of drug-likeness (QED) is 0.773. The number of aromatic nitrogens is 3. The smallest absolute Gasteiger partial charge is 0.226 e. The molecule has 3 aromatic rings. The number of nitrogens with zero attached hydrogens (tertiary/aromatic N) is 3. The van der Waals surface area contributed by atoms with E-state index in [2.05, 4.69) is 50.5 Å². The first-order valence-electron chi connectivity index (χ1n) is 6.84. The molecule has 5 heteroatoms. The summed E-state index contributed by atoms with van der Waals surface area (Å²) < 4.78 is 7.30. The summed E-state index contributed by atoms with van der Waals surface area (Å²) in [5.74, 6) is 1.41. The Kier molecular flexibility index (Phi) is 3.52. The van der Waals surface area contributed by atoms with E-state index in [0.29, 0.717) is 12.4 Å². The molecule has 0 aliphatic heterocycles. The Morgan fingerprint density at radius 1 is 1.30 bits per heavy atom. The first-order valence-corrected chi connectivity index (χ1v) is 6.84. The molecule has 2 aromatic heterocycles. The lowest BCUT2D eigenvalue weighted by atomic mass is 10.1. The van der Waals surface area contributed by atoms with Crippen LogP contribution < -0.4 is 5.32 Å². The lowest BCUT2D eigenvalue weighted by molar-refractivity contribution is 0.375. The fraction of sp³-hybridized carbons (Fsp3) is 0.333. The number of rotatable bonds is 5. The van der Waals surface area contributed by atoms with E-state index in [1.165, 1.54) is 16.5 Å². The molecule has 104 valence electrons. The molecule has 0 saturated carbocycles. The van der Waals surface area contributed by atoms with Crippen LogP contribution in [0.15, 0.2) is 35.0 Å². The van der Waals surface area contributed by atoms with Gasteiger partial charge in [0.25, 0.3) is 0 Å². The van der Waals surface area contributed by atoms with Crippen LogP contribution in [0.1, 0.15) is 24.2 Å². The molecule has 20 heavy (non-hydrogen) atoms. The van der Waals surface area contributed by atoms with Crippen molar-refractivity contribution in [3.8, 4) is 0 Å². The maximum absolute atomic E-state index is 5.15. The SMILES string of the molecule is CCc1nc(Cn2ccc3c(CNC)cccc32)no1.